The van der Waals surface area contributed by atoms with Crippen LogP contribution in [0, 0.1) is 5.92 Å². The summed E-state index contributed by atoms with van der Waals surface area (Å²) in [7, 11) is 0. The second-order valence-electron chi connectivity index (χ2n) is 7.48. The minimum atomic E-state index is -0.242. The van der Waals surface area contributed by atoms with Crippen LogP contribution in [0.5, 0.6) is 0 Å². The zero-order valence-corrected chi connectivity index (χ0v) is 20.2. The molecule has 5 heteroatoms. The van der Waals surface area contributed by atoms with Crippen molar-refractivity contribution in [2.45, 2.75) is 86.2 Å². The average molecular weight is 434 g/mol. The molecule has 0 saturated carbocycles. The molecule has 1 amide bonds. The van der Waals surface area contributed by atoms with Gasteiger partial charge in [-0.2, -0.15) is 0 Å². The van der Waals surface area contributed by atoms with E-state index in [2.05, 4.69) is 25.7 Å². The van der Waals surface area contributed by atoms with Gasteiger partial charge >= 0.3 is 5.97 Å². The van der Waals surface area contributed by atoms with E-state index in [1.807, 2.05) is 37.3 Å². The second-order valence-corrected chi connectivity index (χ2v) is 7.48. The van der Waals surface area contributed by atoms with Crippen LogP contribution in [0.4, 0.5) is 0 Å². The standard InChI is InChI=1S/C11H19NO2.C9H10O2.C6H14/c1-4-11(14)12-8-6-5-7-9(2)10(3)13;1-8(10)11-7-9-5-3-2-4-6-9;1-3-5-6-4-2/h4,9H,1,5-8H2,2-3H3,(H,12,14);2-6H,7H2,1H3;3-6H2,1-2H3/t9-;;/m0../s1. The minimum Gasteiger partial charge on any atom is -0.461 e. The van der Waals surface area contributed by atoms with Crippen LogP contribution in [0.15, 0.2) is 43.0 Å². The molecule has 0 bridgehead atoms. The lowest BCUT2D eigenvalue weighted by Crippen LogP contribution is -2.21. The Balaban J connectivity index is 0. The van der Waals surface area contributed by atoms with Gasteiger partial charge in [-0.05, 0) is 31.4 Å². The molecule has 0 heterocycles. The Hall–Kier alpha value is -2.43. The van der Waals surface area contributed by atoms with Crippen molar-refractivity contribution in [2.24, 2.45) is 5.92 Å². The van der Waals surface area contributed by atoms with Crippen molar-refractivity contribution in [1.82, 2.24) is 5.32 Å². The molecule has 1 rings (SSSR count). The number of nitrogens with one attached hydrogen (secondary N) is 1. The van der Waals surface area contributed by atoms with Gasteiger partial charge in [0.2, 0.25) is 5.91 Å². The van der Waals surface area contributed by atoms with Crippen molar-refractivity contribution >= 4 is 17.7 Å². The summed E-state index contributed by atoms with van der Waals surface area (Å²) in [6.45, 7) is 13.8. The lowest BCUT2D eigenvalue weighted by atomic mass is 10.0. The van der Waals surface area contributed by atoms with E-state index < -0.39 is 0 Å². The molecule has 0 aliphatic carbocycles. The van der Waals surface area contributed by atoms with E-state index in [9.17, 15) is 14.4 Å². The van der Waals surface area contributed by atoms with Gasteiger partial charge in [0.25, 0.3) is 0 Å². The van der Waals surface area contributed by atoms with Gasteiger partial charge in [-0.1, -0.05) is 89.8 Å². The predicted octanol–water partition coefficient (Wildman–Crippen LogP) is 6.02. The van der Waals surface area contributed by atoms with Crippen LogP contribution in [0.25, 0.3) is 0 Å². The van der Waals surface area contributed by atoms with E-state index in [1.54, 1.807) is 6.92 Å². The van der Waals surface area contributed by atoms with Gasteiger partial charge in [0.05, 0.1) is 0 Å². The fourth-order valence-corrected chi connectivity index (χ4v) is 2.32. The van der Waals surface area contributed by atoms with Crippen LogP contribution < -0.4 is 5.32 Å². The van der Waals surface area contributed by atoms with E-state index in [0.717, 1.165) is 24.8 Å². The number of rotatable bonds is 12. The number of Topliss-reactive ketones (excluding diaryl/α,β-unsaturated/α-hetero) is 1. The molecule has 176 valence electrons. The maximum atomic E-state index is 10.9. The zero-order valence-electron chi connectivity index (χ0n) is 20.2. The van der Waals surface area contributed by atoms with E-state index in [1.165, 1.54) is 38.7 Å². The third-order valence-corrected chi connectivity index (χ3v) is 4.48. The van der Waals surface area contributed by atoms with Gasteiger partial charge in [-0.3, -0.25) is 14.4 Å². The molecule has 0 aliphatic rings. The van der Waals surface area contributed by atoms with Gasteiger partial charge < -0.3 is 10.1 Å². The van der Waals surface area contributed by atoms with Crippen LogP contribution >= 0.6 is 0 Å². The smallest absolute Gasteiger partial charge is 0.302 e. The first-order chi connectivity index (χ1) is 14.8. The molecule has 5 nitrogen and oxygen atoms in total. The Labute approximate surface area is 189 Å². The molecule has 0 unspecified atom stereocenters. The van der Waals surface area contributed by atoms with Crippen LogP contribution in [-0.4, -0.2) is 24.2 Å². The summed E-state index contributed by atoms with van der Waals surface area (Å²) in [4.78, 5) is 32.0. The summed E-state index contributed by atoms with van der Waals surface area (Å²) < 4.78 is 4.79. The number of amides is 1. The molecule has 1 N–H and O–H groups in total. The molecular formula is C26H43NO4. The maximum Gasteiger partial charge on any atom is 0.302 e. The Morgan fingerprint density at radius 1 is 1.00 bits per heavy atom. The lowest BCUT2D eigenvalue weighted by Gasteiger charge is -2.06. The molecule has 0 fully saturated rings. The van der Waals surface area contributed by atoms with Gasteiger partial charge in [0, 0.05) is 19.4 Å². The lowest BCUT2D eigenvalue weighted by molar-refractivity contribution is -0.142. The molecule has 0 aromatic heterocycles. The van der Waals surface area contributed by atoms with Crippen LogP contribution in [0.1, 0.15) is 85.1 Å². The highest BCUT2D eigenvalue weighted by Gasteiger charge is 2.06. The monoisotopic (exact) mass is 433 g/mol. The molecule has 1 aromatic carbocycles. The first kappa shape index (κ1) is 30.8. The Morgan fingerprint density at radius 2 is 1.58 bits per heavy atom. The van der Waals surface area contributed by atoms with Crippen molar-refractivity contribution in [2.75, 3.05) is 6.54 Å². The normalized spacial score (nSPS) is 10.4. The number of benzene rings is 1. The number of esters is 1. The molecule has 0 radical (unpaired) electrons. The maximum absolute atomic E-state index is 10.9. The van der Waals surface area contributed by atoms with E-state index in [-0.39, 0.29) is 23.6 Å². The molecule has 0 aliphatic heterocycles. The third kappa shape index (κ3) is 23.7. The van der Waals surface area contributed by atoms with E-state index in [4.69, 9.17) is 4.74 Å². The fourth-order valence-electron chi connectivity index (χ4n) is 2.32. The molecule has 1 aromatic rings. The summed E-state index contributed by atoms with van der Waals surface area (Å²) in [5.74, 6) is 0.00343. The second kappa shape index (κ2) is 22.3. The molecule has 0 spiro atoms. The number of hydrogen-bond acceptors (Lipinski definition) is 4. The number of ether oxygens (including phenoxy) is 1. The molecular weight excluding hydrogens is 390 g/mol. The Bertz CT molecular complexity index is 595. The number of unbranched alkanes of at least 4 members (excludes halogenated alkanes) is 4. The first-order valence-electron chi connectivity index (χ1n) is 11.4. The van der Waals surface area contributed by atoms with E-state index >= 15 is 0 Å². The number of carbonyl (C=O) groups excluding carboxylic acids is 3. The van der Waals surface area contributed by atoms with Crippen molar-refractivity contribution in [3.05, 3.63) is 48.6 Å². The van der Waals surface area contributed by atoms with Gasteiger partial charge in [-0.25, -0.2) is 0 Å². The topological polar surface area (TPSA) is 72.5 Å². The van der Waals surface area contributed by atoms with Crippen LogP contribution in [0.3, 0.4) is 0 Å². The number of carbonyl (C=O) groups is 3. The highest BCUT2D eigenvalue weighted by Crippen LogP contribution is 2.07. The van der Waals surface area contributed by atoms with Crippen molar-refractivity contribution in [3.63, 3.8) is 0 Å². The largest absolute Gasteiger partial charge is 0.461 e. The molecule has 1 atom stereocenters. The summed E-state index contributed by atoms with van der Waals surface area (Å²) in [6, 6.07) is 9.60. The predicted molar refractivity (Wildman–Crippen MR) is 129 cm³/mol. The van der Waals surface area contributed by atoms with E-state index in [0.29, 0.717) is 13.2 Å². The van der Waals surface area contributed by atoms with Crippen molar-refractivity contribution in [3.8, 4) is 0 Å². The molecule has 31 heavy (non-hydrogen) atoms. The first-order valence-corrected chi connectivity index (χ1v) is 11.4. The zero-order chi connectivity index (χ0) is 23.9. The summed E-state index contributed by atoms with van der Waals surface area (Å²) >= 11 is 0. The highest BCUT2D eigenvalue weighted by molar-refractivity contribution is 5.86. The van der Waals surface area contributed by atoms with Crippen molar-refractivity contribution in [1.29, 1.82) is 0 Å². The number of hydrogen-bond donors (Lipinski definition) is 1. The fraction of sp³-hybridized carbons (Fsp3) is 0.577. The van der Waals surface area contributed by atoms with Gasteiger partial charge in [-0.15, -0.1) is 0 Å². The van der Waals surface area contributed by atoms with Crippen LogP contribution in [0.2, 0.25) is 0 Å². The third-order valence-electron chi connectivity index (χ3n) is 4.48. The summed E-state index contributed by atoms with van der Waals surface area (Å²) in [5.41, 5.74) is 1.02. The van der Waals surface area contributed by atoms with Crippen LogP contribution in [-0.2, 0) is 25.7 Å². The Morgan fingerprint density at radius 3 is 2.03 bits per heavy atom. The summed E-state index contributed by atoms with van der Waals surface area (Å²) in [5, 5.41) is 2.69. The number of ketones is 1. The minimum absolute atomic E-state index is 0.135. The Kier molecular flexibility index (Phi) is 22.1. The average Bonchev–Trinajstić information content (AvgIpc) is 2.77. The molecule has 0 saturated heterocycles. The SMILES string of the molecule is C=CC(=O)NCCCC[C@H](C)C(C)=O.CC(=O)OCc1ccccc1.CCCCCC. The van der Waals surface area contributed by atoms with Gasteiger partial charge in [0.1, 0.15) is 12.4 Å². The van der Waals surface area contributed by atoms with Crippen molar-refractivity contribution < 1.29 is 19.1 Å². The van der Waals surface area contributed by atoms with Gasteiger partial charge in [0.15, 0.2) is 0 Å². The highest BCUT2D eigenvalue weighted by atomic mass is 16.5. The quantitative estimate of drug-likeness (QED) is 0.248. The summed E-state index contributed by atoms with van der Waals surface area (Å²) in [6.07, 6.45) is 9.58.